The molecule has 2 rings (SSSR count). The van der Waals surface area contributed by atoms with Gasteiger partial charge in [0.25, 0.3) is 5.91 Å². The molecule has 1 aromatic rings. The third kappa shape index (κ3) is 1.92. The van der Waals surface area contributed by atoms with E-state index < -0.39 is 6.04 Å². The van der Waals surface area contributed by atoms with Crippen LogP contribution in [0, 0.1) is 0 Å². The predicted molar refractivity (Wildman–Crippen MR) is 62.8 cm³/mol. The first-order valence-electron chi connectivity index (χ1n) is 4.93. The van der Waals surface area contributed by atoms with Crippen molar-refractivity contribution in [3.63, 3.8) is 0 Å². The van der Waals surface area contributed by atoms with Crippen LogP contribution in [0.25, 0.3) is 0 Å². The van der Waals surface area contributed by atoms with E-state index in [0.717, 1.165) is 0 Å². The van der Waals surface area contributed by atoms with Gasteiger partial charge in [0.1, 0.15) is 10.4 Å². The number of hydrogen-bond acceptors (Lipinski definition) is 3. The van der Waals surface area contributed by atoms with Gasteiger partial charge in [-0.05, 0) is 18.4 Å². The third-order valence-corrected chi connectivity index (χ3v) is 3.78. The van der Waals surface area contributed by atoms with E-state index in [9.17, 15) is 9.59 Å². The van der Waals surface area contributed by atoms with Gasteiger partial charge in [0, 0.05) is 13.1 Å². The summed E-state index contributed by atoms with van der Waals surface area (Å²) in [6.45, 7) is 2.74. The monoisotopic (exact) mass is 258 g/mol. The average Bonchev–Trinajstić information content (AvgIpc) is 2.68. The largest absolute Gasteiger partial charge is 0.353 e. The van der Waals surface area contributed by atoms with Crippen LogP contribution in [-0.2, 0) is 4.79 Å². The minimum Gasteiger partial charge on any atom is -0.353 e. The van der Waals surface area contributed by atoms with Crippen LogP contribution in [-0.4, -0.2) is 35.8 Å². The molecular weight excluding hydrogens is 248 g/mol. The molecule has 1 atom stereocenters. The van der Waals surface area contributed by atoms with E-state index >= 15 is 0 Å². The molecule has 0 bridgehead atoms. The summed E-state index contributed by atoms with van der Waals surface area (Å²) in [6.07, 6.45) is 0. The van der Waals surface area contributed by atoms with Gasteiger partial charge in [-0.15, -0.1) is 11.3 Å². The maximum Gasteiger partial charge on any atom is 0.256 e. The first-order chi connectivity index (χ1) is 7.61. The quantitative estimate of drug-likeness (QED) is 0.827. The fraction of sp³-hybridized carbons (Fsp3) is 0.400. The van der Waals surface area contributed by atoms with Crippen LogP contribution in [0.1, 0.15) is 17.3 Å². The Morgan fingerprint density at radius 1 is 1.69 bits per heavy atom. The lowest BCUT2D eigenvalue weighted by Gasteiger charge is -2.32. The molecule has 1 aromatic heterocycles. The van der Waals surface area contributed by atoms with Crippen molar-refractivity contribution in [2.45, 2.75) is 13.0 Å². The van der Waals surface area contributed by atoms with Crippen molar-refractivity contribution in [1.82, 2.24) is 10.2 Å². The van der Waals surface area contributed by atoms with Crippen molar-refractivity contribution in [2.75, 3.05) is 13.1 Å². The smallest absolute Gasteiger partial charge is 0.256 e. The molecule has 1 aliphatic heterocycles. The summed E-state index contributed by atoms with van der Waals surface area (Å²) >= 11 is 7.22. The van der Waals surface area contributed by atoms with Gasteiger partial charge in [-0.1, -0.05) is 11.6 Å². The number of halogens is 1. The van der Waals surface area contributed by atoms with Crippen molar-refractivity contribution in [1.29, 1.82) is 0 Å². The van der Waals surface area contributed by atoms with Crippen LogP contribution in [0.15, 0.2) is 11.4 Å². The molecule has 0 spiro atoms. The van der Waals surface area contributed by atoms with Crippen molar-refractivity contribution < 1.29 is 9.59 Å². The SMILES string of the molecule is CC1C(=O)NCCN1C(=O)c1ccsc1Cl. The second kappa shape index (κ2) is 4.43. The Hall–Kier alpha value is -1.07. The predicted octanol–water partition coefficient (Wildman–Crippen LogP) is 1.36. The van der Waals surface area contributed by atoms with Gasteiger partial charge in [-0.3, -0.25) is 9.59 Å². The summed E-state index contributed by atoms with van der Waals surface area (Å²) in [5.74, 6) is -0.292. The molecule has 0 aliphatic carbocycles. The highest BCUT2D eigenvalue weighted by Gasteiger charge is 2.30. The minimum atomic E-state index is -0.433. The zero-order valence-corrected chi connectivity index (χ0v) is 10.3. The second-order valence-corrected chi connectivity index (χ2v) is 5.09. The molecule has 4 nitrogen and oxygen atoms in total. The first kappa shape index (κ1) is 11.4. The van der Waals surface area contributed by atoms with Crippen molar-refractivity contribution >= 4 is 34.8 Å². The molecule has 6 heteroatoms. The Bertz CT molecular complexity index is 432. The van der Waals surface area contributed by atoms with Crippen LogP contribution in [0.2, 0.25) is 4.34 Å². The van der Waals surface area contributed by atoms with E-state index in [0.29, 0.717) is 23.0 Å². The maximum absolute atomic E-state index is 12.1. The van der Waals surface area contributed by atoms with E-state index in [-0.39, 0.29) is 11.8 Å². The van der Waals surface area contributed by atoms with Gasteiger partial charge in [-0.25, -0.2) is 0 Å². The molecule has 2 amide bonds. The summed E-state index contributed by atoms with van der Waals surface area (Å²) in [5, 5.41) is 4.48. The summed E-state index contributed by atoms with van der Waals surface area (Å²) in [5.41, 5.74) is 0.480. The van der Waals surface area contributed by atoms with Gasteiger partial charge < -0.3 is 10.2 Å². The van der Waals surface area contributed by atoms with Crippen LogP contribution < -0.4 is 5.32 Å². The van der Waals surface area contributed by atoms with Gasteiger partial charge >= 0.3 is 0 Å². The Labute approximate surface area is 102 Å². The number of piperazine rings is 1. The number of carbonyl (C=O) groups is 2. The molecule has 0 radical (unpaired) electrons. The normalized spacial score (nSPS) is 20.8. The van der Waals surface area contributed by atoms with E-state index in [1.807, 2.05) is 0 Å². The van der Waals surface area contributed by atoms with Crippen LogP contribution >= 0.6 is 22.9 Å². The Morgan fingerprint density at radius 2 is 2.44 bits per heavy atom. The highest BCUT2D eigenvalue weighted by Crippen LogP contribution is 2.25. The molecule has 0 saturated carbocycles. The van der Waals surface area contributed by atoms with E-state index in [2.05, 4.69) is 5.32 Å². The molecule has 16 heavy (non-hydrogen) atoms. The van der Waals surface area contributed by atoms with Gasteiger partial charge in [0.15, 0.2) is 0 Å². The topological polar surface area (TPSA) is 49.4 Å². The number of carbonyl (C=O) groups excluding carboxylic acids is 2. The number of thiophene rings is 1. The molecule has 1 saturated heterocycles. The molecule has 1 aliphatic rings. The lowest BCUT2D eigenvalue weighted by Crippen LogP contribution is -2.55. The molecule has 1 fully saturated rings. The summed E-state index contributed by atoms with van der Waals surface area (Å²) in [6, 6.07) is 1.26. The lowest BCUT2D eigenvalue weighted by atomic mass is 10.1. The molecule has 2 heterocycles. The standard InChI is InChI=1S/C10H11ClN2O2S/c1-6-9(14)12-3-4-13(6)10(15)7-2-5-16-8(7)11/h2,5-6H,3-4H2,1H3,(H,12,14). The minimum absolute atomic E-state index is 0.119. The highest BCUT2D eigenvalue weighted by molar-refractivity contribution is 7.14. The number of hydrogen-bond donors (Lipinski definition) is 1. The maximum atomic E-state index is 12.1. The molecule has 1 N–H and O–H groups in total. The Balaban J connectivity index is 2.22. The summed E-state index contributed by atoms with van der Waals surface area (Å²) in [7, 11) is 0. The third-order valence-electron chi connectivity index (χ3n) is 2.61. The number of rotatable bonds is 1. The van der Waals surface area contributed by atoms with Crippen LogP contribution in [0.3, 0.4) is 0 Å². The Kier molecular flexibility index (Phi) is 3.16. The Morgan fingerprint density at radius 3 is 3.06 bits per heavy atom. The number of nitrogens with zero attached hydrogens (tertiary/aromatic N) is 1. The molecule has 86 valence electrons. The second-order valence-electron chi connectivity index (χ2n) is 3.57. The van der Waals surface area contributed by atoms with Crippen LogP contribution in [0.5, 0.6) is 0 Å². The number of nitrogens with one attached hydrogen (secondary N) is 1. The van der Waals surface area contributed by atoms with E-state index in [1.165, 1.54) is 11.3 Å². The van der Waals surface area contributed by atoms with Gasteiger partial charge in [-0.2, -0.15) is 0 Å². The average molecular weight is 259 g/mol. The van der Waals surface area contributed by atoms with Crippen LogP contribution in [0.4, 0.5) is 0 Å². The fourth-order valence-electron chi connectivity index (χ4n) is 1.66. The molecule has 1 unspecified atom stereocenters. The van der Waals surface area contributed by atoms with Gasteiger partial charge in [0.05, 0.1) is 5.56 Å². The first-order valence-corrected chi connectivity index (χ1v) is 6.18. The molecule has 0 aromatic carbocycles. The van der Waals surface area contributed by atoms with Crippen molar-refractivity contribution in [3.05, 3.63) is 21.3 Å². The summed E-state index contributed by atoms with van der Waals surface area (Å²) < 4.78 is 0.475. The van der Waals surface area contributed by atoms with Crippen molar-refractivity contribution in [2.24, 2.45) is 0 Å². The zero-order valence-electron chi connectivity index (χ0n) is 8.70. The lowest BCUT2D eigenvalue weighted by molar-refractivity contribution is -0.127. The summed E-state index contributed by atoms with van der Waals surface area (Å²) in [4.78, 5) is 25.1. The highest BCUT2D eigenvalue weighted by atomic mass is 35.5. The number of amides is 2. The van der Waals surface area contributed by atoms with E-state index in [1.54, 1.807) is 23.3 Å². The molecular formula is C10H11ClN2O2S. The fourth-order valence-corrected chi connectivity index (χ4v) is 2.56. The zero-order chi connectivity index (χ0) is 11.7. The van der Waals surface area contributed by atoms with Gasteiger partial charge in [0.2, 0.25) is 5.91 Å². The van der Waals surface area contributed by atoms with E-state index in [4.69, 9.17) is 11.6 Å². The van der Waals surface area contributed by atoms with Crippen molar-refractivity contribution in [3.8, 4) is 0 Å².